The Balaban J connectivity index is 1.51. The van der Waals surface area contributed by atoms with Crippen LogP contribution in [0, 0.1) is 0 Å². The molecule has 1 saturated heterocycles. The number of anilines is 2. The Hall–Kier alpha value is -3.11. The Kier molecular flexibility index (Phi) is 7.52. The molecule has 0 unspecified atom stereocenters. The quantitative estimate of drug-likeness (QED) is 0.617. The van der Waals surface area contributed by atoms with E-state index < -0.39 is 29.3 Å². The summed E-state index contributed by atoms with van der Waals surface area (Å²) in [6.45, 7) is 8.96. The second-order valence-electron chi connectivity index (χ2n) is 10.6. The van der Waals surface area contributed by atoms with Crippen LogP contribution >= 0.6 is 0 Å². The molecule has 0 aliphatic carbocycles. The standard InChI is InChI=1S/C27H33F3N4O3/c1-26(2,3)37-25(36)34-10-9-18-5-6-19(15-23(18)34)24(35)31-21-8-7-20(22(16-21)27(28,29)30)17-33-13-11-32(4)12-14-33/h5-8,15-16H,9-14,17H2,1-4H3,(H,31,35). The molecule has 0 spiro atoms. The number of alkyl halides is 3. The van der Waals surface area contributed by atoms with Gasteiger partial charge in [-0.15, -0.1) is 0 Å². The van der Waals surface area contributed by atoms with Gasteiger partial charge < -0.3 is 15.0 Å². The lowest BCUT2D eigenvalue weighted by atomic mass is 10.0. The Morgan fingerprint density at radius 1 is 0.973 bits per heavy atom. The zero-order valence-electron chi connectivity index (χ0n) is 21.6. The average Bonchev–Trinajstić information content (AvgIpc) is 3.23. The summed E-state index contributed by atoms with van der Waals surface area (Å²) in [6.07, 6.45) is -4.43. The number of benzene rings is 2. The van der Waals surface area contributed by atoms with E-state index in [0.717, 1.165) is 24.7 Å². The topological polar surface area (TPSA) is 65.1 Å². The molecular formula is C27H33F3N4O3. The number of piperazine rings is 1. The normalized spacial score (nSPS) is 17.0. The highest BCUT2D eigenvalue weighted by Crippen LogP contribution is 2.35. The highest BCUT2D eigenvalue weighted by atomic mass is 19.4. The Morgan fingerprint density at radius 2 is 1.68 bits per heavy atom. The first-order valence-corrected chi connectivity index (χ1v) is 12.4. The van der Waals surface area contributed by atoms with Gasteiger partial charge in [0.2, 0.25) is 0 Å². The van der Waals surface area contributed by atoms with Crippen molar-refractivity contribution in [3.8, 4) is 0 Å². The van der Waals surface area contributed by atoms with Crippen LogP contribution in [0.25, 0.3) is 0 Å². The smallest absolute Gasteiger partial charge is 0.416 e. The lowest BCUT2D eigenvalue weighted by Crippen LogP contribution is -2.44. The molecular weight excluding hydrogens is 485 g/mol. The van der Waals surface area contributed by atoms with E-state index in [0.29, 0.717) is 31.7 Å². The van der Waals surface area contributed by atoms with Crippen molar-refractivity contribution >= 4 is 23.4 Å². The molecule has 2 amide bonds. The monoisotopic (exact) mass is 518 g/mol. The lowest BCUT2D eigenvalue weighted by molar-refractivity contribution is -0.138. The molecule has 7 nitrogen and oxygen atoms in total. The van der Waals surface area contributed by atoms with Crippen LogP contribution in [0.1, 0.15) is 47.8 Å². The number of hydrogen-bond acceptors (Lipinski definition) is 5. The fourth-order valence-corrected chi connectivity index (χ4v) is 4.53. The largest absolute Gasteiger partial charge is 0.443 e. The Morgan fingerprint density at radius 3 is 2.32 bits per heavy atom. The van der Waals surface area contributed by atoms with E-state index >= 15 is 0 Å². The highest BCUT2D eigenvalue weighted by molar-refractivity contribution is 6.05. The Labute approximate surface area is 215 Å². The zero-order chi connectivity index (χ0) is 27.0. The van der Waals surface area contributed by atoms with Gasteiger partial charge in [-0.3, -0.25) is 14.6 Å². The second-order valence-corrected chi connectivity index (χ2v) is 10.6. The van der Waals surface area contributed by atoms with Crippen LogP contribution in [0.5, 0.6) is 0 Å². The van der Waals surface area contributed by atoms with Crippen LogP contribution in [0.15, 0.2) is 36.4 Å². The van der Waals surface area contributed by atoms with E-state index in [1.54, 1.807) is 39.0 Å². The summed E-state index contributed by atoms with van der Waals surface area (Å²) in [7, 11) is 1.99. The summed E-state index contributed by atoms with van der Waals surface area (Å²) in [6, 6.07) is 8.87. The van der Waals surface area contributed by atoms with Gasteiger partial charge in [0.1, 0.15) is 5.60 Å². The van der Waals surface area contributed by atoms with Gasteiger partial charge >= 0.3 is 12.3 Å². The SMILES string of the molecule is CN1CCN(Cc2ccc(NC(=O)c3ccc4c(c3)N(C(=O)OC(C)(C)C)CC4)cc2C(F)(F)F)CC1. The molecule has 1 N–H and O–H groups in total. The third-order valence-corrected chi connectivity index (χ3v) is 6.52. The number of ether oxygens (including phenoxy) is 1. The first kappa shape index (κ1) is 26.9. The fourth-order valence-electron chi connectivity index (χ4n) is 4.53. The summed E-state index contributed by atoms with van der Waals surface area (Å²) >= 11 is 0. The number of fused-ring (bicyclic) bond motifs is 1. The molecule has 10 heteroatoms. The van der Waals surface area contributed by atoms with Gasteiger partial charge in [-0.1, -0.05) is 12.1 Å². The average molecular weight is 519 g/mol. The van der Waals surface area contributed by atoms with Crippen LogP contribution in [0.2, 0.25) is 0 Å². The van der Waals surface area contributed by atoms with Gasteiger partial charge in [0.15, 0.2) is 0 Å². The zero-order valence-corrected chi connectivity index (χ0v) is 21.6. The van der Waals surface area contributed by atoms with Crippen molar-refractivity contribution in [2.75, 3.05) is 50.0 Å². The number of nitrogens with one attached hydrogen (secondary N) is 1. The van der Waals surface area contributed by atoms with E-state index in [1.807, 2.05) is 11.9 Å². The van der Waals surface area contributed by atoms with Crippen molar-refractivity contribution in [3.05, 3.63) is 58.7 Å². The van der Waals surface area contributed by atoms with E-state index in [9.17, 15) is 22.8 Å². The molecule has 37 heavy (non-hydrogen) atoms. The fraction of sp³-hybridized carbons (Fsp3) is 0.481. The van der Waals surface area contributed by atoms with Crippen LogP contribution in [-0.2, 0) is 23.9 Å². The van der Waals surface area contributed by atoms with Crippen molar-refractivity contribution in [1.29, 1.82) is 0 Å². The van der Waals surface area contributed by atoms with Crippen molar-refractivity contribution in [2.45, 2.75) is 45.5 Å². The van der Waals surface area contributed by atoms with E-state index in [-0.39, 0.29) is 23.4 Å². The van der Waals surface area contributed by atoms with Crippen LogP contribution in [-0.4, -0.2) is 67.2 Å². The van der Waals surface area contributed by atoms with Crippen molar-refractivity contribution in [3.63, 3.8) is 0 Å². The van der Waals surface area contributed by atoms with Crippen molar-refractivity contribution in [1.82, 2.24) is 9.80 Å². The maximum absolute atomic E-state index is 13.9. The first-order valence-electron chi connectivity index (χ1n) is 12.4. The van der Waals surface area contributed by atoms with E-state index in [1.165, 1.54) is 17.0 Å². The third-order valence-electron chi connectivity index (χ3n) is 6.52. The van der Waals surface area contributed by atoms with Gasteiger partial charge in [0.25, 0.3) is 5.91 Å². The lowest BCUT2D eigenvalue weighted by Gasteiger charge is -2.33. The molecule has 2 aliphatic rings. The van der Waals surface area contributed by atoms with Gasteiger partial charge in [0, 0.05) is 50.5 Å². The molecule has 2 aliphatic heterocycles. The second kappa shape index (κ2) is 10.3. The number of nitrogens with zero attached hydrogens (tertiary/aromatic N) is 3. The summed E-state index contributed by atoms with van der Waals surface area (Å²) in [5, 5.41) is 2.59. The molecule has 0 saturated carbocycles. The van der Waals surface area contributed by atoms with E-state index in [4.69, 9.17) is 4.74 Å². The third kappa shape index (κ3) is 6.61. The summed E-state index contributed by atoms with van der Waals surface area (Å²) < 4.78 is 47.2. The number of halogens is 3. The molecule has 2 aromatic rings. The molecule has 1 fully saturated rings. The van der Waals surface area contributed by atoms with Gasteiger partial charge in [-0.2, -0.15) is 13.2 Å². The number of amides is 2. The molecule has 0 bridgehead atoms. The molecule has 2 aromatic carbocycles. The number of rotatable bonds is 4. The molecule has 0 atom stereocenters. The molecule has 4 rings (SSSR count). The number of hydrogen-bond donors (Lipinski definition) is 1. The minimum absolute atomic E-state index is 0.0592. The van der Waals surface area contributed by atoms with Crippen molar-refractivity contribution < 1.29 is 27.5 Å². The minimum atomic E-state index is -4.55. The Bertz CT molecular complexity index is 1170. The summed E-state index contributed by atoms with van der Waals surface area (Å²) in [4.78, 5) is 31.2. The van der Waals surface area contributed by atoms with E-state index in [2.05, 4.69) is 10.2 Å². The number of likely N-dealkylation sites (N-methyl/N-ethyl adjacent to an activating group) is 1. The predicted molar refractivity (Wildman–Crippen MR) is 136 cm³/mol. The van der Waals surface area contributed by atoms with Gasteiger partial charge in [-0.25, -0.2) is 4.79 Å². The molecule has 0 aromatic heterocycles. The van der Waals surface area contributed by atoms with Crippen LogP contribution < -0.4 is 10.2 Å². The summed E-state index contributed by atoms with van der Waals surface area (Å²) in [5.74, 6) is -0.557. The van der Waals surface area contributed by atoms with Gasteiger partial charge in [0.05, 0.1) is 11.3 Å². The maximum Gasteiger partial charge on any atom is 0.416 e. The van der Waals surface area contributed by atoms with Gasteiger partial charge in [-0.05, 0) is 69.6 Å². The van der Waals surface area contributed by atoms with Crippen LogP contribution in [0.4, 0.5) is 29.3 Å². The highest BCUT2D eigenvalue weighted by Gasteiger charge is 2.34. The maximum atomic E-state index is 13.9. The first-order chi connectivity index (χ1) is 17.3. The molecule has 200 valence electrons. The predicted octanol–water partition coefficient (Wildman–Crippen LogP) is 5.00. The summed E-state index contributed by atoms with van der Waals surface area (Å²) in [5.41, 5.74) is 0.528. The van der Waals surface area contributed by atoms with Crippen LogP contribution in [0.3, 0.4) is 0 Å². The molecule has 2 heterocycles. The number of carbonyl (C=O) groups excluding carboxylic acids is 2. The number of carbonyl (C=O) groups is 2. The van der Waals surface area contributed by atoms with Crippen molar-refractivity contribution in [2.24, 2.45) is 0 Å². The molecule has 0 radical (unpaired) electrons. The minimum Gasteiger partial charge on any atom is -0.443 e.